The molecule has 0 saturated heterocycles. The molecule has 1 fully saturated rings. The third kappa shape index (κ3) is 3.08. The van der Waals surface area contributed by atoms with Crippen molar-refractivity contribution >= 4 is 0 Å². The fraction of sp³-hybridized carbons (Fsp3) is 0.857. The lowest BCUT2D eigenvalue weighted by molar-refractivity contribution is 0.240. The van der Waals surface area contributed by atoms with Crippen LogP contribution in [0.4, 0.5) is 0 Å². The topological polar surface area (TPSA) is 38.0 Å². The van der Waals surface area contributed by atoms with Crippen molar-refractivity contribution in [1.29, 1.82) is 0 Å². The van der Waals surface area contributed by atoms with Crippen LogP contribution in [0.25, 0.3) is 0 Å². The number of nitrogens with one attached hydrogen (secondary N) is 1. The molecule has 0 aromatic rings. The highest BCUT2D eigenvalue weighted by Crippen LogP contribution is 2.27. The van der Waals surface area contributed by atoms with Gasteiger partial charge in [-0.05, 0) is 45.1 Å². The van der Waals surface area contributed by atoms with E-state index in [0.717, 1.165) is 13.1 Å². The Hall–Kier alpha value is -0.340. The summed E-state index contributed by atoms with van der Waals surface area (Å²) in [5.41, 5.74) is 7.89. The molecule has 0 aromatic carbocycles. The fourth-order valence-electron chi connectivity index (χ4n) is 3.13. The Labute approximate surface area is 99.7 Å². The van der Waals surface area contributed by atoms with Crippen LogP contribution < -0.4 is 11.1 Å². The van der Waals surface area contributed by atoms with Crippen LogP contribution in [-0.2, 0) is 0 Å². The minimum absolute atomic E-state index is 0.275. The number of rotatable bonds is 5. The molecule has 92 valence electrons. The quantitative estimate of drug-likeness (QED) is 0.702. The van der Waals surface area contributed by atoms with Crippen LogP contribution in [0.2, 0.25) is 0 Å². The molecule has 0 heterocycles. The third-order valence-electron chi connectivity index (χ3n) is 4.28. The number of hydrogen-bond donors (Lipinski definition) is 2. The van der Waals surface area contributed by atoms with Crippen LogP contribution in [0.5, 0.6) is 0 Å². The van der Waals surface area contributed by atoms with Crippen LogP contribution >= 0.6 is 0 Å². The Balaban J connectivity index is 1.73. The number of hydrogen-bond acceptors (Lipinski definition) is 2. The summed E-state index contributed by atoms with van der Waals surface area (Å²) >= 11 is 0. The zero-order valence-electron chi connectivity index (χ0n) is 10.4. The maximum absolute atomic E-state index is 5.96. The third-order valence-corrected chi connectivity index (χ3v) is 4.28. The Bertz CT molecular complexity index is 239. The summed E-state index contributed by atoms with van der Waals surface area (Å²) in [5, 5.41) is 3.75. The first kappa shape index (κ1) is 12.1. The molecule has 2 heteroatoms. The lowest BCUT2D eigenvalue weighted by Gasteiger charge is -2.37. The summed E-state index contributed by atoms with van der Waals surface area (Å²) in [6, 6.07) is 0. The van der Waals surface area contributed by atoms with E-state index in [4.69, 9.17) is 5.73 Å². The van der Waals surface area contributed by atoms with E-state index in [1.807, 2.05) is 0 Å². The van der Waals surface area contributed by atoms with E-state index in [0.29, 0.717) is 0 Å². The standard InChI is InChI=1S/C14H26N2/c15-12-14(9-4-1-5-10-14)16-11-8-13-6-2-3-7-13/h6,16H,1-5,7-12,15H2. The molecule has 0 spiro atoms. The van der Waals surface area contributed by atoms with E-state index in [1.165, 1.54) is 57.8 Å². The smallest absolute Gasteiger partial charge is 0.0304 e. The van der Waals surface area contributed by atoms with Gasteiger partial charge in [0.15, 0.2) is 0 Å². The van der Waals surface area contributed by atoms with Crippen LogP contribution in [-0.4, -0.2) is 18.6 Å². The van der Waals surface area contributed by atoms with Gasteiger partial charge in [-0.1, -0.05) is 30.9 Å². The molecule has 0 radical (unpaired) electrons. The molecule has 0 atom stereocenters. The fourth-order valence-corrected chi connectivity index (χ4v) is 3.13. The van der Waals surface area contributed by atoms with Crippen molar-refractivity contribution in [1.82, 2.24) is 5.32 Å². The molecule has 16 heavy (non-hydrogen) atoms. The summed E-state index contributed by atoms with van der Waals surface area (Å²) in [4.78, 5) is 0. The lowest BCUT2D eigenvalue weighted by Crippen LogP contribution is -2.52. The molecule has 0 unspecified atom stereocenters. The van der Waals surface area contributed by atoms with Gasteiger partial charge in [0, 0.05) is 12.1 Å². The average Bonchev–Trinajstić information content (AvgIpc) is 2.83. The van der Waals surface area contributed by atoms with E-state index in [2.05, 4.69) is 11.4 Å². The van der Waals surface area contributed by atoms with Crippen LogP contribution in [0, 0.1) is 0 Å². The first-order valence-corrected chi connectivity index (χ1v) is 6.98. The van der Waals surface area contributed by atoms with Gasteiger partial charge in [0.05, 0.1) is 0 Å². The maximum atomic E-state index is 5.96. The highest BCUT2D eigenvalue weighted by molar-refractivity contribution is 5.08. The number of allylic oxidation sites excluding steroid dienone is 1. The van der Waals surface area contributed by atoms with Gasteiger partial charge in [0.25, 0.3) is 0 Å². The summed E-state index contributed by atoms with van der Waals surface area (Å²) in [6.07, 6.45) is 14.3. The van der Waals surface area contributed by atoms with E-state index in [1.54, 1.807) is 5.57 Å². The highest BCUT2D eigenvalue weighted by Gasteiger charge is 2.29. The molecule has 2 nitrogen and oxygen atoms in total. The molecule has 0 aliphatic heterocycles. The van der Waals surface area contributed by atoms with E-state index < -0.39 is 0 Å². The van der Waals surface area contributed by atoms with Crippen molar-refractivity contribution in [2.75, 3.05) is 13.1 Å². The molecular formula is C14H26N2. The van der Waals surface area contributed by atoms with Crippen molar-refractivity contribution in [2.45, 2.75) is 63.3 Å². The van der Waals surface area contributed by atoms with Gasteiger partial charge in [0.2, 0.25) is 0 Å². The van der Waals surface area contributed by atoms with Crippen LogP contribution in [0.3, 0.4) is 0 Å². The Morgan fingerprint density at radius 1 is 1.19 bits per heavy atom. The maximum Gasteiger partial charge on any atom is 0.0304 e. The van der Waals surface area contributed by atoms with Gasteiger partial charge in [-0.25, -0.2) is 0 Å². The molecular weight excluding hydrogens is 196 g/mol. The van der Waals surface area contributed by atoms with E-state index in [-0.39, 0.29) is 5.54 Å². The minimum Gasteiger partial charge on any atom is -0.329 e. The van der Waals surface area contributed by atoms with Crippen molar-refractivity contribution < 1.29 is 0 Å². The van der Waals surface area contributed by atoms with Gasteiger partial charge >= 0.3 is 0 Å². The summed E-state index contributed by atoms with van der Waals surface area (Å²) < 4.78 is 0. The second-order valence-electron chi connectivity index (χ2n) is 5.48. The molecule has 0 bridgehead atoms. The predicted octanol–water partition coefficient (Wildman–Crippen LogP) is 2.74. The minimum atomic E-state index is 0.275. The Kier molecular flexibility index (Phi) is 4.42. The van der Waals surface area contributed by atoms with Gasteiger partial charge in [-0.3, -0.25) is 0 Å². The number of nitrogens with two attached hydrogens (primary N) is 1. The van der Waals surface area contributed by atoms with Crippen LogP contribution in [0.15, 0.2) is 11.6 Å². The van der Waals surface area contributed by atoms with Crippen molar-refractivity contribution in [3.05, 3.63) is 11.6 Å². The zero-order valence-corrected chi connectivity index (χ0v) is 10.4. The largest absolute Gasteiger partial charge is 0.329 e. The van der Waals surface area contributed by atoms with Crippen LogP contribution in [0.1, 0.15) is 57.8 Å². The van der Waals surface area contributed by atoms with Gasteiger partial charge in [0.1, 0.15) is 0 Å². The van der Waals surface area contributed by atoms with Crippen molar-refractivity contribution in [3.8, 4) is 0 Å². The molecule has 3 N–H and O–H groups in total. The second-order valence-corrected chi connectivity index (χ2v) is 5.48. The van der Waals surface area contributed by atoms with Gasteiger partial charge < -0.3 is 11.1 Å². The first-order chi connectivity index (χ1) is 7.85. The second kappa shape index (κ2) is 5.83. The Morgan fingerprint density at radius 3 is 2.62 bits per heavy atom. The van der Waals surface area contributed by atoms with Crippen molar-refractivity contribution in [3.63, 3.8) is 0 Å². The lowest BCUT2D eigenvalue weighted by atomic mass is 9.81. The highest BCUT2D eigenvalue weighted by atomic mass is 15.0. The molecule has 0 aromatic heterocycles. The normalized spacial score (nSPS) is 24.4. The summed E-state index contributed by atoms with van der Waals surface area (Å²) in [5.74, 6) is 0. The first-order valence-electron chi connectivity index (χ1n) is 6.98. The van der Waals surface area contributed by atoms with Gasteiger partial charge in [-0.15, -0.1) is 0 Å². The SMILES string of the molecule is NCC1(NCCC2=CCCC2)CCCCC1. The van der Waals surface area contributed by atoms with Crippen molar-refractivity contribution in [2.24, 2.45) is 5.73 Å². The van der Waals surface area contributed by atoms with Gasteiger partial charge in [-0.2, -0.15) is 0 Å². The zero-order chi connectivity index (χ0) is 11.3. The summed E-state index contributed by atoms with van der Waals surface area (Å²) in [6.45, 7) is 1.94. The molecule has 1 saturated carbocycles. The predicted molar refractivity (Wildman–Crippen MR) is 69.4 cm³/mol. The van der Waals surface area contributed by atoms with E-state index >= 15 is 0 Å². The van der Waals surface area contributed by atoms with E-state index in [9.17, 15) is 0 Å². The Morgan fingerprint density at radius 2 is 2.00 bits per heavy atom. The molecule has 2 rings (SSSR count). The molecule has 2 aliphatic carbocycles. The summed E-state index contributed by atoms with van der Waals surface area (Å²) in [7, 11) is 0. The molecule has 0 amide bonds. The monoisotopic (exact) mass is 222 g/mol. The molecule has 2 aliphatic rings. The average molecular weight is 222 g/mol.